The summed E-state index contributed by atoms with van der Waals surface area (Å²) in [6.07, 6.45) is 5.20. The highest BCUT2D eigenvalue weighted by atomic mass is 16.4. The van der Waals surface area contributed by atoms with Crippen LogP contribution in [0.1, 0.15) is 51.6 Å². The molecule has 1 aromatic heterocycles. The van der Waals surface area contributed by atoms with Gasteiger partial charge in [-0.05, 0) is 38.1 Å². The van der Waals surface area contributed by atoms with E-state index in [1.165, 1.54) is 12.5 Å². The first-order valence-corrected chi connectivity index (χ1v) is 12.6. The molecule has 0 aliphatic carbocycles. The predicted octanol–water partition coefficient (Wildman–Crippen LogP) is -2.34. The number of imidazole rings is 1. The highest BCUT2D eigenvalue weighted by molar-refractivity contribution is 5.94. The van der Waals surface area contributed by atoms with E-state index in [4.69, 9.17) is 22.9 Å². The fourth-order valence-electron chi connectivity index (χ4n) is 3.56. The monoisotopic (exact) mass is 538 g/mol. The summed E-state index contributed by atoms with van der Waals surface area (Å²) < 4.78 is 0. The number of rotatable bonds is 18. The molecule has 0 saturated carbocycles. The molecular formula is C23H42N10O5. The zero-order valence-corrected chi connectivity index (χ0v) is 22.0. The zero-order valence-electron chi connectivity index (χ0n) is 22.0. The fourth-order valence-corrected chi connectivity index (χ4v) is 3.56. The normalized spacial score (nSPS) is 14.1. The topological polar surface area (TPSA) is 270 Å². The van der Waals surface area contributed by atoms with E-state index in [2.05, 4.69) is 30.9 Å². The molecule has 1 heterocycles. The van der Waals surface area contributed by atoms with Gasteiger partial charge in [-0.25, -0.2) is 9.78 Å². The van der Waals surface area contributed by atoms with Gasteiger partial charge >= 0.3 is 5.97 Å². The molecule has 0 aliphatic heterocycles. The number of hydrogen-bond donors (Lipinski definition) is 9. The number of aromatic amines is 1. The molecule has 0 aromatic carbocycles. The van der Waals surface area contributed by atoms with E-state index in [-0.39, 0.29) is 25.3 Å². The number of carbonyl (C=O) groups excluding carboxylic acids is 3. The number of carboxylic acid groups (broad SMARTS) is 1. The molecule has 0 radical (unpaired) electrons. The lowest BCUT2D eigenvalue weighted by molar-refractivity contribution is -0.142. The number of nitrogens with two attached hydrogens (primary N) is 4. The molecule has 1 rings (SSSR count). The molecule has 4 unspecified atom stereocenters. The second-order valence-electron chi connectivity index (χ2n) is 9.31. The van der Waals surface area contributed by atoms with Crippen molar-refractivity contribution in [2.75, 3.05) is 13.1 Å². The number of nitrogens with one attached hydrogen (secondary N) is 4. The number of hydrogen-bond acceptors (Lipinski definition) is 8. The number of H-pyrrole nitrogens is 1. The summed E-state index contributed by atoms with van der Waals surface area (Å²) in [6.45, 7) is 4.09. The van der Waals surface area contributed by atoms with Crippen molar-refractivity contribution < 1.29 is 24.3 Å². The Labute approximate surface area is 222 Å². The van der Waals surface area contributed by atoms with Crippen molar-refractivity contribution in [1.82, 2.24) is 25.9 Å². The van der Waals surface area contributed by atoms with E-state index in [1.54, 1.807) is 13.8 Å². The molecule has 0 aliphatic rings. The third kappa shape index (κ3) is 12.0. The average molecular weight is 539 g/mol. The van der Waals surface area contributed by atoms with E-state index in [9.17, 15) is 24.3 Å². The Balaban J connectivity index is 2.93. The molecule has 0 spiro atoms. The summed E-state index contributed by atoms with van der Waals surface area (Å²) in [5, 5.41) is 17.3. The standard InChI is InChI=1S/C23H42N10O5/c1-13(2)18(21(36)31-16(22(37)38)7-5-9-29-23(26)27)33-20(35)17(10-14-11-28-12-30-14)32-19(34)15(25)6-3-4-8-24/h11-13,15-18H,3-10,24-25H2,1-2H3,(H,28,30)(H,31,36)(H,32,34)(H,33,35)(H,37,38)(H4,26,27,29). The number of amides is 3. The van der Waals surface area contributed by atoms with Crippen LogP contribution in [0.2, 0.25) is 0 Å². The van der Waals surface area contributed by atoms with Crippen LogP contribution in [0.15, 0.2) is 17.5 Å². The zero-order chi connectivity index (χ0) is 28.7. The van der Waals surface area contributed by atoms with Gasteiger partial charge in [0.1, 0.15) is 18.1 Å². The van der Waals surface area contributed by atoms with Crippen LogP contribution in [0, 0.1) is 5.92 Å². The second-order valence-corrected chi connectivity index (χ2v) is 9.31. The van der Waals surface area contributed by atoms with Crippen LogP contribution >= 0.6 is 0 Å². The molecule has 0 saturated heterocycles. The summed E-state index contributed by atoms with van der Waals surface area (Å²) in [4.78, 5) is 61.2. The predicted molar refractivity (Wildman–Crippen MR) is 141 cm³/mol. The molecule has 214 valence electrons. The van der Waals surface area contributed by atoms with Crippen LogP contribution in [0.25, 0.3) is 0 Å². The lowest BCUT2D eigenvalue weighted by Crippen LogP contribution is -2.59. The van der Waals surface area contributed by atoms with Gasteiger partial charge in [0.05, 0.1) is 12.4 Å². The maximum absolute atomic E-state index is 13.2. The van der Waals surface area contributed by atoms with Gasteiger partial charge in [0.2, 0.25) is 17.7 Å². The van der Waals surface area contributed by atoms with Crippen molar-refractivity contribution in [3.63, 3.8) is 0 Å². The number of guanidine groups is 1. The minimum Gasteiger partial charge on any atom is -0.480 e. The highest BCUT2D eigenvalue weighted by Gasteiger charge is 2.32. The number of carbonyl (C=O) groups is 4. The first-order valence-electron chi connectivity index (χ1n) is 12.6. The van der Waals surface area contributed by atoms with Crippen LogP contribution in [0.4, 0.5) is 0 Å². The van der Waals surface area contributed by atoms with Crippen molar-refractivity contribution in [2.24, 2.45) is 33.8 Å². The Morgan fingerprint density at radius 3 is 2.24 bits per heavy atom. The van der Waals surface area contributed by atoms with Crippen molar-refractivity contribution >= 4 is 29.7 Å². The first-order chi connectivity index (χ1) is 18.0. The van der Waals surface area contributed by atoms with Crippen LogP contribution in [-0.4, -0.2) is 82.0 Å². The third-order valence-electron chi connectivity index (χ3n) is 5.72. The molecule has 0 fully saturated rings. The molecule has 15 nitrogen and oxygen atoms in total. The number of nitrogens with zero attached hydrogens (tertiary/aromatic N) is 2. The summed E-state index contributed by atoms with van der Waals surface area (Å²) in [5.41, 5.74) is 22.6. The molecule has 13 N–H and O–H groups in total. The van der Waals surface area contributed by atoms with Gasteiger partial charge in [-0.3, -0.25) is 19.4 Å². The van der Waals surface area contributed by atoms with Gasteiger partial charge in [0.25, 0.3) is 0 Å². The van der Waals surface area contributed by atoms with Crippen LogP contribution in [-0.2, 0) is 25.6 Å². The largest absolute Gasteiger partial charge is 0.480 e. The maximum atomic E-state index is 13.2. The SMILES string of the molecule is CC(C)C(NC(=O)C(Cc1cnc[nH]1)NC(=O)C(N)CCCCN)C(=O)NC(CCCN=C(N)N)C(=O)O. The summed E-state index contributed by atoms with van der Waals surface area (Å²) in [7, 11) is 0. The van der Waals surface area contributed by atoms with E-state index < -0.39 is 53.8 Å². The summed E-state index contributed by atoms with van der Waals surface area (Å²) >= 11 is 0. The van der Waals surface area contributed by atoms with Crippen LogP contribution < -0.4 is 38.9 Å². The number of aliphatic imine (C=N–C) groups is 1. The van der Waals surface area contributed by atoms with Gasteiger partial charge in [-0.15, -0.1) is 0 Å². The molecule has 0 bridgehead atoms. The number of unbranched alkanes of at least 4 members (excludes halogenated alkanes) is 1. The molecule has 4 atom stereocenters. The quantitative estimate of drug-likeness (QED) is 0.0545. The van der Waals surface area contributed by atoms with Gasteiger partial charge in [-0.1, -0.05) is 20.3 Å². The van der Waals surface area contributed by atoms with Crippen molar-refractivity contribution in [2.45, 2.75) is 76.5 Å². The number of carboxylic acids is 1. The van der Waals surface area contributed by atoms with Crippen LogP contribution in [0.5, 0.6) is 0 Å². The van der Waals surface area contributed by atoms with Crippen LogP contribution in [0.3, 0.4) is 0 Å². The minimum atomic E-state index is -1.23. The van der Waals surface area contributed by atoms with Gasteiger partial charge in [0, 0.05) is 24.9 Å². The number of aliphatic carboxylic acids is 1. The average Bonchev–Trinajstić information content (AvgIpc) is 3.36. The van der Waals surface area contributed by atoms with E-state index >= 15 is 0 Å². The molecule has 3 amide bonds. The lowest BCUT2D eigenvalue weighted by Gasteiger charge is -2.27. The Hall–Kier alpha value is -3.72. The molecular weight excluding hydrogens is 496 g/mol. The van der Waals surface area contributed by atoms with E-state index in [1.807, 2.05) is 0 Å². The highest BCUT2D eigenvalue weighted by Crippen LogP contribution is 2.08. The van der Waals surface area contributed by atoms with Crippen molar-refractivity contribution in [3.05, 3.63) is 18.2 Å². The lowest BCUT2D eigenvalue weighted by atomic mass is 10.0. The fraction of sp³-hybridized carbons (Fsp3) is 0.652. The third-order valence-corrected chi connectivity index (χ3v) is 5.72. The maximum Gasteiger partial charge on any atom is 0.326 e. The first kappa shape index (κ1) is 32.3. The molecule has 15 heteroatoms. The Kier molecular flexibility index (Phi) is 14.4. The Morgan fingerprint density at radius 1 is 1.00 bits per heavy atom. The van der Waals surface area contributed by atoms with Crippen molar-refractivity contribution in [1.29, 1.82) is 0 Å². The minimum absolute atomic E-state index is 0.0715. The Morgan fingerprint density at radius 2 is 1.68 bits per heavy atom. The second kappa shape index (κ2) is 16.9. The van der Waals surface area contributed by atoms with Gasteiger partial charge < -0.3 is 49.0 Å². The van der Waals surface area contributed by atoms with Crippen molar-refractivity contribution in [3.8, 4) is 0 Å². The van der Waals surface area contributed by atoms with Gasteiger partial charge in [-0.2, -0.15) is 0 Å². The van der Waals surface area contributed by atoms with Gasteiger partial charge in [0.15, 0.2) is 5.96 Å². The molecule has 38 heavy (non-hydrogen) atoms. The summed E-state index contributed by atoms with van der Waals surface area (Å²) in [5.74, 6) is -3.55. The smallest absolute Gasteiger partial charge is 0.326 e. The number of aromatic nitrogens is 2. The Bertz CT molecular complexity index is 918. The van der Waals surface area contributed by atoms with E-state index in [0.29, 0.717) is 31.5 Å². The molecule has 1 aromatic rings. The van der Waals surface area contributed by atoms with E-state index in [0.717, 1.165) is 6.42 Å². The summed E-state index contributed by atoms with van der Waals surface area (Å²) in [6, 6.07) is -4.17.